The molecule has 0 radical (unpaired) electrons. The van der Waals surface area contributed by atoms with E-state index in [2.05, 4.69) is 4.98 Å². The highest BCUT2D eigenvalue weighted by Gasteiger charge is 2.22. The molecule has 0 aliphatic rings. The van der Waals surface area contributed by atoms with Crippen LogP contribution in [0.25, 0.3) is 0 Å². The number of Topliss-reactive ketones (excluding diaryl/α,β-unsaturated/α-hetero) is 1. The third kappa shape index (κ3) is 2.28. The molecule has 0 spiro atoms. The SMILES string of the molecule is CC(C)(C)C(=O)c1ccnc(N)c1. The number of pyridine rings is 1. The minimum atomic E-state index is -0.367. The molecule has 0 aliphatic heterocycles. The average Bonchev–Trinajstić information content (AvgIpc) is 2.01. The summed E-state index contributed by atoms with van der Waals surface area (Å²) in [5.74, 6) is 0.469. The van der Waals surface area contributed by atoms with Crippen LogP contribution in [0.15, 0.2) is 18.3 Å². The molecule has 1 rings (SSSR count). The number of nitrogens with zero attached hydrogens (tertiary/aromatic N) is 1. The summed E-state index contributed by atoms with van der Waals surface area (Å²) in [6.45, 7) is 5.64. The van der Waals surface area contributed by atoms with E-state index in [1.54, 1.807) is 18.3 Å². The highest BCUT2D eigenvalue weighted by atomic mass is 16.1. The molecule has 0 aliphatic carbocycles. The van der Waals surface area contributed by atoms with Crippen molar-refractivity contribution < 1.29 is 4.79 Å². The second-order valence-corrected chi connectivity index (χ2v) is 4.05. The van der Waals surface area contributed by atoms with Crippen LogP contribution >= 0.6 is 0 Å². The molecule has 3 heteroatoms. The number of nitrogens with two attached hydrogens (primary N) is 1. The van der Waals surface area contributed by atoms with Crippen LogP contribution in [0.5, 0.6) is 0 Å². The Bertz CT molecular complexity index is 326. The van der Waals surface area contributed by atoms with Crippen molar-refractivity contribution in [2.24, 2.45) is 5.41 Å². The molecule has 0 fully saturated rings. The fourth-order valence-corrected chi connectivity index (χ4v) is 1.02. The first-order chi connectivity index (χ1) is 5.91. The molecule has 1 aromatic heterocycles. The first-order valence-electron chi connectivity index (χ1n) is 4.17. The number of nitrogen functional groups attached to an aromatic ring is 1. The normalized spacial score (nSPS) is 11.3. The van der Waals surface area contributed by atoms with Gasteiger partial charge in [-0.05, 0) is 12.1 Å². The fourth-order valence-electron chi connectivity index (χ4n) is 1.02. The first kappa shape index (κ1) is 9.71. The van der Waals surface area contributed by atoms with Gasteiger partial charge in [0.15, 0.2) is 5.78 Å². The number of carbonyl (C=O) groups excluding carboxylic acids is 1. The summed E-state index contributed by atoms with van der Waals surface area (Å²) in [5, 5.41) is 0. The van der Waals surface area contributed by atoms with Crippen LogP contribution in [0.4, 0.5) is 5.82 Å². The molecule has 0 atom stereocenters. The van der Waals surface area contributed by atoms with Crippen molar-refractivity contribution in [3.8, 4) is 0 Å². The van der Waals surface area contributed by atoms with Crippen molar-refractivity contribution in [3.05, 3.63) is 23.9 Å². The molecule has 70 valence electrons. The van der Waals surface area contributed by atoms with E-state index < -0.39 is 0 Å². The van der Waals surface area contributed by atoms with Crippen molar-refractivity contribution >= 4 is 11.6 Å². The fraction of sp³-hybridized carbons (Fsp3) is 0.400. The van der Waals surface area contributed by atoms with Gasteiger partial charge < -0.3 is 5.73 Å². The summed E-state index contributed by atoms with van der Waals surface area (Å²) >= 11 is 0. The van der Waals surface area contributed by atoms with Crippen molar-refractivity contribution in [1.82, 2.24) is 4.98 Å². The number of hydrogen-bond donors (Lipinski definition) is 1. The summed E-state index contributed by atoms with van der Waals surface area (Å²) < 4.78 is 0. The smallest absolute Gasteiger partial charge is 0.168 e. The van der Waals surface area contributed by atoms with E-state index in [9.17, 15) is 4.79 Å². The number of rotatable bonds is 1. The van der Waals surface area contributed by atoms with Gasteiger partial charge in [-0.15, -0.1) is 0 Å². The number of ketones is 1. The number of hydrogen-bond acceptors (Lipinski definition) is 3. The Morgan fingerprint density at radius 3 is 2.54 bits per heavy atom. The highest BCUT2D eigenvalue weighted by Crippen LogP contribution is 2.20. The monoisotopic (exact) mass is 178 g/mol. The van der Waals surface area contributed by atoms with E-state index in [4.69, 9.17) is 5.73 Å². The first-order valence-corrected chi connectivity index (χ1v) is 4.17. The predicted octanol–water partition coefficient (Wildman–Crippen LogP) is 1.89. The summed E-state index contributed by atoms with van der Waals surface area (Å²) in [7, 11) is 0. The predicted molar refractivity (Wildman–Crippen MR) is 52.4 cm³/mol. The minimum absolute atomic E-state index is 0.0848. The van der Waals surface area contributed by atoms with Gasteiger partial charge in [-0.1, -0.05) is 20.8 Å². The van der Waals surface area contributed by atoms with Crippen LogP contribution in [0.3, 0.4) is 0 Å². The molecular weight excluding hydrogens is 164 g/mol. The molecule has 0 unspecified atom stereocenters. The minimum Gasteiger partial charge on any atom is -0.384 e. The molecule has 0 aromatic carbocycles. The van der Waals surface area contributed by atoms with Crippen LogP contribution < -0.4 is 5.73 Å². The summed E-state index contributed by atoms with van der Waals surface area (Å²) in [6, 6.07) is 3.29. The van der Waals surface area contributed by atoms with Gasteiger partial charge in [-0.3, -0.25) is 4.79 Å². The van der Waals surface area contributed by atoms with Crippen LogP contribution in [0.1, 0.15) is 31.1 Å². The lowest BCUT2D eigenvalue weighted by Crippen LogP contribution is -2.20. The Hall–Kier alpha value is -1.38. The molecule has 3 nitrogen and oxygen atoms in total. The topological polar surface area (TPSA) is 56.0 Å². The highest BCUT2D eigenvalue weighted by molar-refractivity contribution is 6.00. The Balaban J connectivity index is 3.03. The Labute approximate surface area is 78.0 Å². The Morgan fingerprint density at radius 1 is 1.46 bits per heavy atom. The van der Waals surface area contributed by atoms with E-state index in [0.717, 1.165) is 0 Å². The van der Waals surface area contributed by atoms with E-state index in [-0.39, 0.29) is 11.2 Å². The summed E-state index contributed by atoms with van der Waals surface area (Å²) in [6.07, 6.45) is 1.55. The van der Waals surface area contributed by atoms with Crippen molar-refractivity contribution in [2.75, 3.05) is 5.73 Å². The van der Waals surface area contributed by atoms with E-state index in [0.29, 0.717) is 11.4 Å². The zero-order valence-corrected chi connectivity index (χ0v) is 8.16. The molecular formula is C10H14N2O. The van der Waals surface area contributed by atoms with E-state index in [1.165, 1.54) is 0 Å². The summed E-state index contributed by atoms with van der Waals surface area (Å²) in [5.41, 5.74) is 5.73. The van der Waals surface area contributed by atoms with Gasteiger partial charge in [0.1, 0.15) is 5.82 Å². The van der Waals surface area contributed by atoms with Crippen LogP contribution in [0.2, 0.25) is 0 Å². The molecule has 0 amide bonds. The molecule has 13 heavy (non-hydrogen) atoms. The van der Waals surface area contributed by atoms with Crippen LogP contribution in [-0.4, -0.2) is 10.8 Å². The van der Waals surface area contributed by atoms with E-state index in [1.807, 2.05) is 20.8 Å². The second kappa shape index (κ2) is 3.17. The Morgan fingerprint density at radius 2 is 2.08 bits per heavy atom. The molecule has 2 N–H and O–H groups in total. The van der Waals surface area contributed by atoms with Gasteiger partial charge in [-0.2, -0.15) is 0 Å². The van der Waals surface area contributed by atoms with E-state index >= 15 is 0 Å². The van der Waals surface area contributed by atoms with Gasteiger partial charge in [0.05, 0.1) is 0 Å². The average molecular weight is 178 g/mol. The van der Waals surface area contributed by atoms with Gasteiger partial charge >= 0.3 is 0 Å². The second-order valence-electron chi connectivity index (χ2n) is 4.05. The third-order valence-corrected chi connectivity index (χ3v) is 1.72. The maximum absolute atomic E-state index is 11.7. The Kier molecular flexibility index (Phi) is 2.36. The van der Waals surface area contributed by atoms with Gasteiger partial charge in [0, 0.05) is 17.2 Å². The van der Waals surface area contributed by atoms with Crippen molar-refractivity contribution in [2.45, 2.75) is 20.8 Å². The standard InChI is InChI=1S/C10H14N2O/c1-10(2,3)9(13)7-4-5-12-8(11)6-7/h4-6H,1-3H3,(H2,11,12). The number of anilines is 1. The van der Waals surface area contributed by atoms with Crippen molar-refractivity contribution in [1.29, 1.82) is 0 Å². The van der Waals surface area contributed by atoms with Crippen LogP contribution in [0, 0.1) is 5.41 Å². The zero-order chi connectivity index (χ0) is 10.1. The van der Waals surface area contributed by atoms with Crippen LogP contribution in [-0.2, 0) is 0 Å². The lowest BCUT2D eigenvalue weighted by Gasteiger charge is -2.16. The van der Waals surface area contributed by atoms with Gasteiger partial charge in [0.25, 0.3) is 0 Å². The lowest BCUT2D eigenvalue weighted by molar-refractivity contribution is 0.0858. The quantitative estimate of drug-likeness (QED) is 0.668. The maximum Gasteiger partial charge on any atom is 0.168 e. The van der Waals surface area contributed by atoms with Gasteiger partial charge in [0.2, 0.25) is 0 Å². The van der Waals surface area contributed by atoms with Crippen molar-refractivity contribution in [3.63, 3.8) is 0 Å². The molecule has 1 heterocycles. The summed E-state index contributed by atoms with van der Waals surface area (Å²) in [4.78, 5) is 15.6. The van der Waals surface area contributed by atoms with Gasteiger partial charge in [-0.25, -0.2) is 4.98 Å². The zero-order valence-electron chi connectivity index (χ0n) is 8.16. The third-order valence-electron chi connectivity index (χ3n) is 1.72. The maximum atomic E-state index is 11.7. The number of aromatic nitrogens is 1. The molecule has 0 saturated heterocycles. The molecule has 0 saturated carbocycles. The largest absolute Gasteiger partial charge is 0.384 e. The lowest BCUT2D eigenvalue weighted by atomic mass is 9.87. The molecule has 0 bridgehead atoms. The number of carbonyl (C=O) groups is 1. The molecule has 1 aromatic rings.